The average molecular weight is 237 g/mol. The number of carbonyl (C=O) groups is 2. The van der Waals surface area contributed by atoms with Crippen LogP contribution in [0.5, 0.6) is 0 Å². The van der Waals surface area contributed by atoms with Gasteiger partial charge >= 0.3 is 5.97 Å². The minimum Gasteiger partial charge on any atom is -0.460 e. The lowest BCUT2D eigenvalue weighted by Crippen LogP contribution is -2.32. The first-order valence-electron chi connectivity index (χ1n) is 5.17. The SMILES string of the molecule is COCC(=O)NCC(=O)OCc1ccccc1. The number of ether oxygens (including phenoxy) is 2. The van der Waals surface area contributed by atoms with Gasteiger partial charge in [-0.15, -0.1) is 0 Å². The third-order valence-electron chi connectivity index (χ3n) is 1.95. The van der Waals surface area contributed by atoms with Gasteiger partial charge in [0.05, 0.1) is 0 Å². The summed E-state index contributed by atoms with van der Waals surface area (Å²) in [7, 11) is 1.41. The number of nitrogens with one attached hydrogen (secondary N) is 1. The van der Waals surface area contributed by atoms with Crippen LogP contribution in [0, 0.1) is 0 Å². The van der Waals surface area contributed by atoms with Crippen LogP contribution in [0.4, 0.5) is 0 Å². The van der Waals surface area contributed by atoms with Gasteiger partial charge < -0.3 is 14.8 Å². The molecule has 1 aromatic carbocycles. The van der Waals surface area contributed by atoms with Crippen LogP contribution in [0.25, 0.3) is 0 Å². The zero-order valence-corrected chi connectivity index (χ0v) is 9.64. The van der Waals surface area contributed by atoms with E-state index in [-0.39, 0.29) is 25.7 Å². The molecule has 0 spiro atoms. The number of benzene rings is 1. The lowest BCUT2D eigenvalue weighted by molar-refractivity contribution is -0.145. The second-order valence-corrected chi connectivity index (χ2v) is 3.36. The highest BCUT2D eigenvalue weighted by molar-refractivity contribution is 5.82. The van der Waals surface area contributed by atoms with Crippen molar-refractivity contribution in [3.8, 4) is 0 Å². The van der Waals surface area contributed by atoms with E-state index in [2.05, 4.69) is 10.1 Å². The Balaban J connectivity index is 2.20. The van der Waals surface area contributed by atoms with Crippen molar-refractivity contribution in [3.05, 3.63) is 35.9 Å². The molecular formula is C12H15NO4. The molecule has 5 heteroatoms. The Morgan fingerprint density at radius 2 is 1.94 bits per heavy atom. The molecule has 0 bridgehead atoms. The third-order valence-corrected chi connectivity index (χ3v) is 1.95. The Labute approximate surface area is 99.7 Å². The van der Waals surface area contributed by atoms with Gasteiger partial charge in [-0.05, 0) is 5.56 Å². The van der Waals surface area contributed by atoms with Crippen LogP contribution in [0.3, 0.4) is 0 Å². The predicted octanol–water partition coefficient (Wildman–Crippen LogP) is 0.492. The van der Waals surface area contributed by atoms with Crippen molar-refractivity contribution < 1.29 is 19.1 Å². The summed E-state index contributed by atoms with van der Waals surface area (Å²) in [5.41, 5.74) is 0.907. The maximum Gasteiger partial charge on any atom is 0.325 e. The van der Waals surface area contributed by atoms with Gasteiger partial charge in [0.15, 0.2) is 0 Å². The smallest absolute Gasteiger partial charge is 0.325 e. The molecular weight excluding hydrogens is 222 g/mol. The number of methoxy groups -OCH3 is 1. The molecule has 1 rings (SSSR count). The fraction of sp³-hybridized carbons (Fsp3) is 0.333. The second kappa shape index (κ2) is 7.40. The number of rotatable bonds is 6. The number of hydrogen-bond donors (Lipinski definition) is 1. The number of hydrogen-bond acceptors (Lipinski definition) is 4. The predicted molar refractivity (Wildman–Crippen MR) is 61.1 cm³/mol. The lowest BCUT2D eigenvalue weighted by Gasteiger charge is -2.06. The van der Waals surface area contributed by atoms with Crippen LogP contribution in [-0.2, 0) is 25.7 Å². The highest BCUT2D eigenvalue weighted by atomic mass is 16.5. The zero-order valence-electron chi connectivity index (χ0n) is 9.64. The summed E-state index contributed by atoms with van der Waals surface area (Å²) in [6, 6.07) is 9.33. The summed E-state index contributed by atoms with van der Waals surface area (Å²) < 4.78 is 9.56. The topological polar surface area (TPSA) is 64.6 Å². The van der Waals surface area contributed by atoms with Crippen LogP contribution >= 0.6 is 0 Å². The van der Waals surface area contributed by atoms with E-state index in [1.807, 2.05) is 30.3 Å². The number of amides is 1. The molecule has 0 radical (unpaired) electrons. The largest absolute Gasteiger partial charge is 0.460 e. The maximum absolute atomic E-state index is 11.2. The highest BCUT2D eigenvalue weighted by Crippen LogP contribution is 2.00. The summed E-state index contributed by atoms with van der Waals surface area (Å²) in [5, 5.41) is 2.38. The van der Waals surface area contributed by atoms with Crippen LogP contribution in [0.2, 0.25) is 0 Å². The van der Waals surface area contributed by atoms with Gasteiger partial charge in [0, 0.05) is 7.11 Å². The van der Waals surface area contributed by atoms with E-state index in [0.29, 0.717) is 0 Å². The Morgan fingerprint density at radius 1 is 1.24 bits per heavy atom. The molecule has 0 aliphatic heterocycles. The summed E-state index contributed by atoms with van der Waals surface area (Å²) in [6.45, 7) is 0.000807. The lowest BCUT2D eigenvalue weighted by atomic mass is 10.2. The molecule has 0 fully saturated rings. The van der Waals surface area contributed by atoms with Crippen LogP contribution < -0.4 is 5.32 Å². The minimum atomic E-state index is -0.474. The molecule has 0 saturated carbocycles. The molecule has 0 aliphatic rings. The van der Waals surface area contributed by atoms with E-state index in [4.69, 9.17) is 4.74 Å². The first kappa shape index (κ1) is 13.2. The van der Waals surface area contributed by atoms with Crippen molar-refractivity contribution in [1.29, 1.82) is 0 Å². The van der Waals surface area contributed by atoms with Crippen molar-refractivity contribution >= 4 is 11.9 Å². The Morgan fingerprint density at radius 3 is 2.59 bits per heavy atom. The molecule has 92 valence electrons. The normalized spacial score (nSPS) is 9.71. The molecule has 5 nitrogen and oxygen atoms in total. The van der Waals surface area contributed by atoms with Crippen molar-refractivity contribution in [2.75, 3.05) is 20.3 Å². The third kappa shape index (κ3) is 5.67. The molecule has 1 aromatic rings. The standard InChI is InChI=1S/C12H15NO4/c1-16-9-11(14)13-7-12(15)17-8-10-5-3-2-4-6-10/h2-6H,7-9H2,1H3,(H,13,14). The number of carbonyl (C=O) groups excluding carboxylic acids is 2. The summed E-state index contributed by atoms with van der Waals surface area (Å²) >= 11 is 0. The van der Waals surface area contributed by atoms with Crippen molar-refractivity contribution in [3.63, 3.8) is 0 Å². The van der Waals surface area contributed by atoms with E-state index in [9.17, 15) is 9.59 Å². The number of esters is 1. The first-order valence-corrected chi connectivity index (χ1v) is 5.17. The Bertz CT molecular complexity index is 364. The van der Waals surface area contributed by atoms with E-state index < -0.39 is 5.97 Å². The van der Waals surface area contributed by atoms with Crippen molar-refractivity contribution in [1.82, 2.24) is 5.32 Å². The van der Waals surface area contributed by atoms with Gasteiger partial charge in [-0.25, -0.2) is 0 Å². The van der Waals surface area contributed by atoms with Crippen molar-refractivity contribution in [2.45, 2.75) is 6.61 Å². The molecule has 0 aromatic heterocycles. The van der Waals surface area contributed by atoms with Gasteiger partial charge in [0.1, 0.15) is 19.8 Å². The molecule has 17 heavy (non-hydrogen) atoms. The van der Waals surface area contributed by atoms with Crippen LogP contribution in [0.15, 0.2) is 30.3 Å². The minimum absolute atomic E-state index is 0.0635. The molecule has 0 atom stereocenters. The van der Waals surface area contributed by atoms with Gasteiger partial charge in [0.25, 0.3) is 0 Å². The maximum atomic E-state index is 11.2. The summed E-state index contributed by atoms with van der Waals surface area (Å²) in [4.78, 5) is 22.2. The average Bonchev–Trinajstić information content (AvgIpc) is 2.35. The van der Waals surface area contributed by atoms with E-state index in [1.54, 1.807) is 0 Å². The first-order chi connectivity index (χ1) is 8.22. The van der Waals surface area contributed by atoms with Gasteiger partial charge in [-0.3, -0.25) is 9.59 Å². The van der Waals surface area contributed by atoms with Gasteiger partial charge in [0.2, 0.25) is 5.91 Å². The van der Waals surface area contributed by atoms with E-state index in [0.717, 1.165) is 5.56 Å². The molecule has 0 heterocycles. The van der Waals surface area contributed by atoms with E-state index in [1.165, 1.54) is 7.11 Å². The van der Waals surface area contributed by atoms with Crippen LogP contribution in [-0.4, -0.2) is 32.1 Å². The Kier molecular flexibility index (Phi) is 5.74. The quantitative estimate of drug-likeness (QED) is 0.731. The molecule has 0 unspecified atom stereocenters. The molecule has 0 saturated heterocycles. The fourth-order valence-electron chi connectivity index (χ4n) is 1.14. The molecule has 1 amide bonds. The highest BCUT2D eigenvalue weighted by Gasteiger charge is 2.06. The molecule has 1 N–H and O–H groups in total. The fourth-order valence-corrected chi connectivity index (χ4v) is 1.14. The van der Waals surface area contributed by atoms with Gasteiger partial charge in [-0.2, -0.15) is 0 Å². The second-order valence-electron chi connectivity index (χ2n) is 3.36. The zero-order chi connectivity index (χ0) is 12.5. The summed E-state index contributed by atoms with van der Waals surface area (Å²) in [5.74, 6) is -0.817. The Hall–Kier alpha value is -1.88. The van der Waals surface area contributed by atoms with Gasteiger partial charge in [-0.1, -0.05) is 30.3 Å². The van der Waals surface area contributed by atoms with E-state index >= 15 is 0 Å². The monoisotopic (exact) mass is 237 g/mol. The molecule has 0 aliphatic carbocycles. The van der Waals surface area contributed by atoms with Crippen molar-refractivity contribution in [2.24, 2.45) is 0 Å². The summed E-state index contributed by atoms with van der Waals surface area (Å²) in [6.07, 6.45) is 0. The van der Waals surface area contributed by atoms with Crippen LogP contribution in [0.1, 0.15) is 5.56 Å².